The highest BCUT2D eigenvalue weighted by atomic mass is 35.5. The minimum absolute atomic E-state index is 0.156. The van der Waals surface area contributed by atoms with E-state index < -0.39 is 29.3 Å². The number of carbonyl (C=O) groups is 3. The van der Waals surface area contributed by atoms with Crippen molar-refractivity contribution in [3.8, 4) is 0 Å². The number of carbonyl (C=O) groups excluding carboxylic acids is 3. The normalized spacial score (nSPS) is 13.8. The third-order valence-electron chi connectivity index (χ3n) is 2.01. The summed E-state index contributed by atoms with van der Waals surface area (Å²) in [4.78, 5) is 33.8. The summed E-state index contributed by atoms with van der Waals surface area (Å²) in [5.41, 5.74) is 0. The Kier molecular flexibility index (Phi) is 6.57. The van der Waals surface area contributed by atoms with Crippen molar-refractivity contribution in [1.82, 2.24) is 10.6 Å². The maximum atomic E-state index is 11.4. The van der Waals surface area contributed by atoms with E-state index in [1.54, 1.807) is 13.8 Å². The molecule has 2 N–H and O–H groups in total. The molecule has 2 atom stereocenters. The molecule has 0 aliphatic rings. The third-order valence-corrected chi connectivity index (χ3v) is 2.20. The van der Waals surface area contributed by atoms with Gasteiger partial charge in [0.05, 0.1) is 7.11 Å². The van der Waals surface area contributed by atoms with Crippen LogP contribution in [0.4, 0.5) is 4.79 Å². The minimum atomic E-state index is -0.823. The quantitative estimate of drug-likeness (QED) is 0.576. The molecule has 0 radical (unpaired) electrons. The van der Waals surface area contributed by atoms with Gasteiger partial charge in [-0.25, -0.2) is 9.59 Å². The summed E-state index contributed by atoms with van der Waals surface area (Å²) in [6.45, 7) is 4.92. The number of alkyl halides is 1. The van der Waals surface area contributed by atoms with Gasteiger partial charge in [0.1, 0.15) is 11.4 Å². The lowest BCUT2D eigenvalue weighted by molar-refractivity contribution is -0.144. The fourth-order valence-electron chi connectivity index (χ4n) is 1.01. The molecule has 0 spiro atoms. The molecule has 0 aliphatic heterocycles. The van der Waals surface area contributed by atoms with Gasteiger partial charge in [-0.1, -0.05) is 13.8 Å². The maximum absolute atomic E-state index is 11.4. The van der Waals surface area contributed by atoms with Crippen molar-refractivity contribution in [2.24, 2.45) is 5.92 Å². The zero-order valence-electron chi connectivity index (χ0n) is 10.2. The van der Waals surface area contributed by atoms with Crippen LogP contribution >= 0.6 is 11.6 Å². The molecule has 7 heteroatoms. The van der Waals surface area contributed by atoms with Crippen molar-refractivity contribution in [1.29, 1.82) is 0 Å². The molecule has 6 nitrogen and oxygen atoms in total. The molecule has 3 amide bonds. The topological polar surface area (TPSA) is 84.5 Å². The highest BCUT2D eigenvalue weighted by Crippen LogP contribution is 2.03. The highest BCUT2D eigenvalue weighted by molar-refractivity contribution is 6.31. The summed E-state index contributed by atoms with van der Waals surface area (Å²) in [6, 6.07) is -1.58. The summed E-state index contributed by atoms with van der Waals surface area (Å²) < 4.78 is 4.53. The van der Waals surface area contributed by atoms with E-state index in [4.69, 9.17) is 11.6 Å². The van der Waals surface area contributed by atoms with E-state index in [1.807, 2.05) is 5.32 Å². The summed E-state index contributed by atoms with van der Waals surface area (Å²) in [5.74, 6) is -1.35. The zero-order valence-corrected chi connectivity index (χ0v) is 11.0. The first-order chi connectivity index (χ1) is 7.79. The number of esters is 1. The molecule has 0 aromatic rings. The van der Waals surface area contributed by atoms with Crippen molar-refractivity contribution in [2.45, 2.75) is 32.2 Å². The number of hydrogen-bond acceptors (Lipinski definition) is 4. The van der Waals surface area contributed by atoms with E-state index in [-0.39, 0.29) is 5.92 Å². The van der Waals surface area contributed by atoms with Crippen LogP contribution < -0.4 is 10.6 Å². The Bertz CT molecular complexity index is 305. The van der Waals surface area contributed by atoms with Crippen LogP contribution in [0.2, 0.25) is 0 Å². The molecular weight excluding hydrogens is 248 g/mol. The van der Waals surface area contributed by atoms with E-state index in [2.05, 4.69) is 10.1 Å². The predicted molar refractivity (Wildman–Crippen MR) is 62.6 cm³/mol. The fourth-order valence-corrected chi connectivity index (χ4v) is 1.07. The lowest BCUT2D eigenvalue weighted by atomic mass is 10.1. The van der Waals surface area contributed by atoms with Gasteiger partial charge in [-0.3, -0.25) is 10.1 Å². The van der Waals surface area contributed by atoms with Gasteiger partial charge in [0.2, 0.25) is 5.91 Å². The minimum Gasteiger partial charge on any atom is -0.467 e. The first kappa shape index (κ1) is 15.7. The molecule has 0 saturated heterocycles. The van der Waals surface area contributed by atoms with Gasteiger partial charge in [-0.15, -0.1) is 11.6 Å². The Balaban J connectivity index is 4.42. The number of nitrogens with one attached hydrogen (secondary N) is 2. The second kappa shape index (κ2) is 7.11. The smallest absolute Gasteiger partial charge is 0.328 e. The van der Waals surface area contributed by atoms with Crippen molar-refractivity contribution >= 4 is 29.5 Å². The predicted octanol–water partition coefficient (Wildman–Crippen LogP) is 0.637. The molecule has 0 fully saturated rings. The number of imide groups is 1. The number of methoxy groups -OCH3 is 1. The molecule has 0 bridgehead atoms. The van der Waals surface area contributed by atoms with Crippen LogP contribution in [-0.4, -0.2) is 36.4 Å². The number of rotatable bonds is 4. The summed E-state index contributed by atoms with van der Waals surface area (Å²) in [7, 11) is 1.23. The molecule has 0 saturated carbocycles. The van der Waals surface area contributed by atoms with E-state index in [1.165, 1.54) is 14.0 Å². The van der Waals surface area contributed by atoms with E-state index >= 15 is 0 Å². The standard InChI is InChI=1S/C10H17ClN2O4/c1-5(2)7(9(15)17-4)12-10(16)13-8(14)6(3)11/h5-7H,1-4H3,(H2,12,13,14,16). The van der Waals surface area contributed by atoms with Crippen molar-refractivity contribution < 1.29 is 19.1 Å². The molecule has 0 heterocycles. The SMILES string of the molecule is COC(=O)C(NC(=O)NC(=O)C(C)Cl)C(C)C. The van der Waals surface area contributed by atoms with Gasteiger partial charge in [-0.05, 0) is 12.8 Å². The summed E-state index contributed by atoms with van der Waals surface area (Å²) in [5, 5.41) is 3.54. The zero-order chi connectivity index (χ0) is 13.6. The second-order valence-electron chi connectivity index (χ2n) is 3.82. The molecule has 17 heavy (non-hydrogen) atoms. The average molecular weight is 265 g/mol. The van der Waals surface area contributed by atoms with Crippen LogP contribution in [0.5, 0.6) is 0 Å². The Morgan fingerprint density at radius 1 is 1.18 bits per heavy atom. The first-order valence-corrected chi connectivity index (χ1v) is 5.56. The Morgan fingerprint density at radius 2 is 1.71 bits per heavy atom. The lowest BCUT2D eigenvalue weighted by Gasteiger charge is -2.19. The highest BCUT2D eigenvalue weighted by Gasteiger charge is 2.25. The molecule has 0 rings (SSSR count). The van der Waals surface area contributed by atoms with E-state index in [0.717, 1.165) is 0 Å². The van der Waals surface area contributed by atoms with Crippen molar-refractivity contribution in [3.63, 3.8) is 0 Å². The number of hydrogen-bond donors (Lipinski definition) is 2. The fraction of sp³-hybridized carbons (Fsp3) is 0.700. The van der Waals surface area contributed by atoms with Crippen LogP contribution in [0.3, 0.4) is 0 Å². The summed E-state index contributed by atoms with van der Waals surface area (Å²) >= 11 is 5.48. The van der Waals surface area contributed by atoms with E-state index in [0.29, 0.717) is 0 Å². The van der Waals surface area contributed by atoms with Gasteiger partial charge in [0, 0.05) is 0 Å². The third kappa shape index (κ3) is 5.53. The molecule has 0 aromatic carbocycles. The van der Waals surface area contributed by atoms with Crippen LogP contribution in [0.15, 0.2) is 0 Å². The molecule has 2 unspecified atom stereocenters. The second-order valence-corrected chi connectivity index (χ2v) is 4.48. The van der Waals surface area contributed by atoms with Crippen LogP contribution in [0, 0.1) is 5.92 Å². The largest absolute Gasteiger partial charge is 0.467 e. The first-order valence-electron chi connectivity index (χ1n) is 5.12. The Labute approximate surface area is 105 Å². The van der Waals surface area contributed by atoms with Gasteiger partial charge in [-0.2, -0.15) is 0 Å². The number of amides is 3. The summed E-state index contributed by atoms with van der Waals surface area (Å²) in [6.07, 6.45) is 0. The van der Waals surface area contributed by atoms with Gasteiger partial charge in [0.15, 0.2) is 0 Å². The Hall–Kier alpha value is -1.30. The average Bonchev–Trinajstić information content (AvgIpc) is 2.24. The van der Waals surface area contributed by atoms with Crippen molar-refractivity contribution in [3.05, 3.63) is 0 Å². The van der Waals surface area contributed by atoms with Gasteiger partial charge in [0.25, 0.3) is 0 Å². The van der Waals surface area contributed by atoms with E-state index in [9.17, 15) is 14.4 Å². The van der Waals surface area contributed by atoms with Crippen molar-refractivity contribution in [2.75, 3.05) is 7.11 Å². The van der Waals surface area contributed by atoms with Gasteiger partial charge >= 0.3 is 12.0 Å². The number of ether oxygens (including phenoxy) is 1. The van der Waals surface area contributed by atoms with Crippen LogP contribution in [0.1, 0.15) is 20.8 Å². The molecule has 0 aliphatic carbocycles. The van der Waals surface area contributed by atoms with Gasteiger partial charge < -0.3 is 10.1 Å². The Morgan fingerprint density at radius 3 is 2.06 bits per heavy atom. The molecule has 98 valence electrons. The van der Waals surface area contributed by atoms with Crippen LogP contribution in [-0.2, 0) is 14.3 Å². The monoisotopic (exact) mass is 264 g/mol. The molecule has 0 aromatic heterocycles. The lowest BCUT2D eigenvalue weighted by Crippen LogP contribution is -2.51. The number of urea groups is 1. The maximum Gasteiger partial charge on any atom is 0.328 e. The molecular formula is C10H17ClN2O4. The van der Waals surface area contributed by atoms with Crippen LogP contribution in [0.25, 0.3) is 0 Å². The number of halogens is 1.